The Hall–Kier alpha value is -2.20. The maximum atomic E-state index is 12.4. The van der Waals surface area contributed by atoms with Gasteiger partial charge >= 0.3 is 0 Å². The number of aromatic amines is 1. The molecule has 3 nitrogen and oxygen atoms in total. The van der Waals surface area contributed by atoms with E-state index in [1.807, 2.05) is 12.2 Å². The van der Waals surface area contributed by atoms with E-state index in [2.05, 4.69) is 42.0 Å². The summed E-state index contributed by atoms with van der Waals surface area (Å²) >= 11 is 1.68. The average molecular weight is 322 g/mol. The van der Waals surface area contributed by atoms with Crippen molar-refractivity contribution >= 4 is 33.7 Å². The van der Waals surface area contributed by atoms with Crippen molar-refractivity contribution in [3.8, 4) is 0 Å². The van der Waals surface area contributed by atoms with Gasteiger partial charge in [0.15, 0.2) is 0 Å². The lowest BCUT2D eigenvalue weighted by Gasteiger charge is -2.02. The molecular formula is C19H18N2OS. The van der Waals surface area contributed by atoms with E-state index in [0.717, 1.165) is 35.0 Å². The number of aryl methyl sites for hydroxylation is 4. The van der Waals surface area contributed by atoms with E-state index < -0.39 is 0 Å². The summed E-state index contributed by atoms with van der Waals surface area (Å²) in [6, 6.07) is 6.35. The lowest BCUT2D eigenvalue weighted by atomic mass is 10.1. The Morgan fingerprint density at radius 2 is 2.09 bits per heavy atom. The standard InChI is InChI=1S/C19H18N2OS/c1-11-6-7-12(2)13(10-11)8-9-16-20-18(22)17-14-4-3-5-15(14)23-19(17)21-16/h6-10H,3-5H2,1-2H3,(H,20,21,22)/b9-8+. The molecule has 2 heterocycles. The first-order valence-corrected chi connectivity index (χ1v) is 8.73. The molecular weight excluding hydrogens is 304 g/mol. The van der Waals surface area contributed by atoms with Crippen LogP contribution >= 0.6 is 11.3 Å². The van der Waals surface area contributed by atoms with Crippen molar-refractivity contribution in [1.29, 1.82) is 0 Å². The fourth-order valence-corrected chi connectivity index (χ4v) is 4.48. The topological polar surface area (TPSA) is 45.8 Å². The van der Waals surface area contributed by atoms with Gasteiger partial charge in [-0.1, -0.05) is 29.8 Å². The van der Waals surface area contributed by atoms with Crippen molar-refractivity contribution < 1.29 is 0 Å². The molecule has 1 aromatic carbocycles. The highest BCUT2D eigenvalue weighted by atomic mass is 32.1. The molecule has 3 aromatic rings. The molecule has 116 valence electrons. The Balaban J connectivity index is 1.77. The van der Waals surface area contributed by atoms with Crippen LogP contribution in [0.2, 0.25) is 0 Å². The second-order valence-electron chi connectivity index (χ2n) is 6.18. The Labute approximate surface area is 138 Å². The van der Waals surface area contributed by atoms with E-state index in [-0.39, 0.29) is 5.56 Å². The van der Waals surface area contributed by atoms with Crippen molar-refractivity contribution in [2.75, 3.05) is 0 Å². The van der Waals surface area contributed by atoms with Gasteiger partial charge in [-0.3, -0.25) is 4.79 Å². The van der Waals surface area contributed by atoms with Crippen LogP contribution in [-0.2, 0) is 12.8 Å². The zero-order valence-electron chi connectivity index (χ0n) is 13.3. The SMILES string of the molecule is Cc1ccc(C)c(/C=C/c2nc3sc4c(c3c(=O)[nH]2)CCC4)c1. The van der Waals surface area contributed by atoms with E-state index in [1.165, 1.54) is 21.6 Å². The molecule has 0 saturated heterocycles. The highest BCUT2D eigenvalue weighted by Gasteiger charge is 2.20. The number of rotatable bonds is 2. The maximum Gasteiger partial charge on any atom is 0.260 e. The number of fused-ring (bicyclic) bond motifs is 3. The third-order valence-corrected chi connectivity index (χ3v) is 5.63. The first kappa shape index (κ1) is 14.4. The molecule has 0 spiro atoms. The Morgan fingerprint density at radius 1 is 1.22 bits per heavy atom. The van der Waals surface area contributed by atoms with Crippen molar-refractivity contribution in [2.24, 2.45) is 0 Å². The molecule has 23 heavy (non-hydrogen) atoms. The first-order chi connectivity index (χ1) is 11.1. The monoisotopic (exact) mass is 322 g/mol. The number of nitrogens with zero attached hydrogens (tertiary/aromatic N) is 1. The molecule has 0 unspecified atom stereocenters. The van der Waals surface area contributed by atoms with Crippen LogP contribution in [0, 0.1) is 13.8 Å². The second kappa shape index (κ2) is 5.46. The fraction of sp³-hybridized carbons (Fsp3) is 0.263. The maximum absolute atomic E-state index is 12.4. The molecule has 1 aliphatic rings. The smallest absolute Gasteiger partial charge is 0.260 e. The molecule has 1 N–H and O–H groups in total. The number of thiophene rings is 1. The Kier molecular flexibility index (Phi) is 3.42. The van der Waals surface area contributed by atoms with Gasteiger partial charge in [-0.05, 0) is 55.9 Å². The van der Waals surface area contributed by atoms with Crippen LogP contribution in [0.25, 0.3) is 22.4 Å². The average Bonchev–Trinajstić information content (AvgIpc) is 3.08. The molecule has 0 saturated carbocycles. The zero-order chi connectivity index (χ0) is 16.0. The number of hydrogen-bond acceptors (Lipinski definition) is 3. The van der Waals surface area contributed by atoms with Crippen molar-refractivity contribution in [2.45, 2.75) is 33.1 Å². The van der Waals surface area contributed by atoms with Gasteiger partial charge in [0.05, 0.1) is 5.39 Å². The van der Waals surface area contributed by atoms with Crippen LogP contribution < -0.4 is 5.56 Å². The minimum absolute atomic E-state index is 0.00462. The van der Waals surface area contributed by atoms with Gasteiger partial charge in [-0.2, -0.15) is 0 Å². The van der Waals surface area contributed by atoms with Crippen LogP contribution in [0.4, 0.5) is 0 Å². The summed E-state index contributed by atoms with van der Waals surface area (Å²) in [4.78, 5) is 22.2. The Morgan fingerprint density at radius 3 is 2.96 bits per heavy atom. The molecule has 0 atom stereocenters. The first-order valence-electron chi connectivity index (χ1n) is 7.92. The summed E-state index contributed by atoms with van der Waals surface area (Å²) in [5, 5.41) is 0.811. The summed E-state index contributed by atoms with van der Waals surface area (Å²) in [6.07, 6.45) is 7.17. The quantitative estimate of drug-likeness (QED) is 0.766. The summed E-state index contributed by atoms with van der Waals surface area (Å²) in [5.41, 5.74) is 4.81. The van der Waals surface area contributed by atoms with Gasteiger partial charge in [-0.25, -0.2) is 4.98 Å². The third-order valence-electron chi connectivity index (χ3n) is 4.45. The van der Waals surface area contributed by atoms with E-state index >= 15 is 0 Å². The van der Waals surface area contributed by atoms with Crippen LogP contribution in [0.3, 0.4) is 0 Å². The van der Waals surface area contributed by atoms with Gasteiger partial charge in [0, 0.05) is 4.88 Å². The van der Waals surface area contributed by atoms with Gasteiger partial charge < -0.3 is 4.98 Å². The van der Waals surface area contributed by atoms with Gasteiger partial charge in [0.2, 0.25) is 0 Å². The molecule has 0 amide bonds. The largest absolute Gasteiger partial charge is 0.306 e. The number of aromatic nitrogens is 2. The van der Waals surface area contributed by atoms with Gasteiger partial charge in [0.1, 0.15) is 10.7 Å². The molecule has 0 radical (unpaired) electrons. The molecule has 0 fully saturated rings. The Bertz CT molecular complexity index is 995. The van der Waals surface area contributed by atoms with Gasteiger partial charge in [0.25, 0.3) is 5.56 Å². The summed E-state index contributed by atoms with van der Waals surface area (Å²) in [5.74, 6) is 0.628. The predicted octanol–water partition coefficient (Wildman–Crippen LogP) is 4.26. The number of nitrogens with one attached hydrogen (secondary N) is 1. The normalized spacial score (nSPS) is 14.0. The lowest BCUT2D eigenvalue weighted by molar-refractivity contribution is 0.916. The fourth-order valence-electron chi connectivity index (χ4n) is 3.21. The van der Waals surface area contributed by atoms with Gasteiger partial charge in [-0.15, -0.1) is 11.3 Å². The zero-order valence-corrected chi connectivity index (χ0v) is 14.1. The summed E-state index contributed by atoms with van der Waals surface area (Å²) in [6.45, 7) is 4.17. The van der Waals surface area contributed by atoms with Crippen LogP contribution in [0.15, 0.2) is 23.0 Å². The van der Waals surface area contributed by atoms with Crippen LogP contribution in [0.1, 0.15) is 39.4 Å². The van der Waals surface area contributed by atoms with Crippen LogP contribution in [0.5, 0.6) is 0 Å². The van der Waals surface area contributed by atoms with Crippen molar-refractivity contribution in [3.63, 3.8) is 0 Å². The summed E-state index contributed by atoms with van der Waals surface area (Å²) in [7, 11) is 0. The molecule has 0 bridgehead atoms. The summed E-state index contributed by atoms with van der Waals surface area (Å²) < 4.78 is 0. The van der Waals surface area contributed by atoms with E-state index in [0.29, 0.717) is 5.82 Å². The van der Waals surface area contributed by atoms with E-state index in [1.54, 1.807) is 11.3 Å². The number of H-pyrrole nitrogens is 1. The lowest BCUT2D eigenvalue weighted by Crippen LogP contribution is -2.09. The predicted molar refractivity (Wildman–Crippen MR) is 97.1 cm³/mol. The van der Waals surface area contributed by atoms with E-state index in [9.17, 15) is 4.79 Å². The molecule has 4 rings (SSSR count). The van der Waals surface area contributed by atoms with Crippen LogP contribution in [-0.4, -0.2) is 9.97 Å². The molecule has 2 aromatic heterocycles. The highest BCUT2D eigenvalue weighted by Crippen LogP contribution is 2.34. The minimum Gasteiger partial charge on any atom is -0.306 e. The van der Waals surface area contributed by atoms with Crippen molar-refractivity contribution in [1.82, 2.24) is 9.97 Å². The molecule has 4 heteroatoms. The molecule has 1 aliphatic carbocycles. The molecule has 0 aliphatic heterocycles. The number of hydrogen-bond donors (Lipinski definition) is 1. The number of benzene rings is 1. The van der Waals surface area contributed by atoms with Crippen molar-refractivity contribution in [3.05, 3.63) is 61.5 Å². The second-order valence-corrected chi connectivity index (χ2v) is 7.27. The highest BCUT2D eigenvalue weighted by molar-refractivity contribution is 7.18. The minimum atomic E-state index is -0.00462. The third kappa shape index (κ3) is 2.53. The van der Waals surface area contributed by atoms with E-state index in [4.69, 9.17) is 0 Å².